The van der Waals surface area contributed by atoms with E-state index in [4.69, 9.17) is 0 Å². The number of anilines is 1. The van der Waals surface area contributed by atoms with Crippen LogP contribution in [-0.2, 0) is 4.79 Å². The predicted molar refractivity (Wildman–Crippen MR) is 49.9 cm³/mol. The topological polar surface area (TPSA) is 29.1 Å². The van der Waals surface area contributed by atoms with Gasteiger partial charge >= 0.3 is 0 Å². The van der Waals surface area contributed by atoms with Crippen molar-refractivity contribution in [2.75, 3.05) is 5.32 Å². The van der Waals surface area contributed by atoms with Crippen molar-refractivity contribution in [3.63, 3.8) is 0 Å². The quantitative estimate of drug-likeness (QED) is 0.673. The summed E-state index contributed by atoms with van der Waals surface area (Å²) in [4.78, 5) is 10.7. The number of hydrogen-bond donors (Lipinski definition) is 1. The van der Waals surface area contributed by atoms with Crippen LogP contribution in [-0.4, -0.2) is 5.91 Å². The minimum Gasteiger partial charge on any atom is -0.326 e. The molecule has 0 atom stereocenters. The SMILES string of the molecule is [CH2]C(=O)Nc1cccc(C)c1C. The number of amides is 1. The summed E-state index contributed by atoms with van der Waals surface area (Å²) in [6, 6.07) is 5.78. The first-order chi connectivity index (χ1) is 5.61. The first-order valence-electron chi connectivity index (χ1n) is 3.80. The van der Waals surface area contributed by atoms with Gasteiger partial charge in [0.2, 0.25) is 5.91 Å². The zero-order chi connectivity index (χ0) is 9.14. The third kappa shape index (κ3) is 1.84. The highest BCUT2D eigenvalue weighted by Gasteiger charge is 2.00. The highest BCUT2D eigenvalue weighted by atomic mass is 16.1. The van der Waals surface area contributed by atoms with Crippen LogP contribution in [0, 0.1) is 20.8 Å². The number of carbonyl (C=O) groups is 1. The van der Waals surface area contributed by atoms with Crippen molar-refractivity contribution >= 4 is 11.6 Å². The lowest BCUT2D eigenvalue weighted by atomic mass is 10.1. The number of nitrogens with one attached hydrogen (secondary N) is 1. The molecule has 63 valence electrons. The second-order valence-electron chi connectivity index (χ2n) is 2.80. The maximum Gasteiger partial charge on any atom is 0.224 e. The molecular formula is C10H12NO. The van der Waals surface area contributed by atoms with Crippen LogP contribution >= 0.6 is 0 Å². The Labute approximate surface area is 72.6 Å². The fraction of sp³-hybridized carbons (Fsp3) is 0.200. The van der Waals surface area contributed by atoms with E-state index in [0.29, 0.717) is 0 Å². The van der Waals surface area contributed by atoms with Gasteiger partial charge in [-0.05, 0) is 31.0 Å². The molecule has 0 fully saturated rings. The molecule has 0 saturated heterocycles. The van der Waals surface area contributed by atoms with Crippen LogP contribution < -0.4 is 5.32 Å². The average molecular weight is 162 g/mol. The molecule has 0 aromatic heterocycles. The Balaban J connectivity index is 3.00. The van der Waals surface area contributed by atoms with Gasteiger partial charge in [0.1, 0.15) is 0 Å². The van der Waals surface area contributed by atoms with E-state index < -0.39 is 0 Å². The van der Waals surface area contributed by atoms with Gasteiger partial charge in [-0.1, -0.05) is 12.1 Å². The first-order valence-corrected chi connectivity index (χ1v) is 3.80. The molecule has 2 heteroatoms. The van der Waals surface area contributed by atoms with E-state index in [1.807, 2.05) is 32.0 Å². The van der Waals surface area contributed by atoms with E-state index in [0.717, 1.165) is 11.3 Å². The Morgan fingerprint density at radius 1 is 1.42 bits per heavy atom. The summed E-state index contributed by atoms with van der Waals surface area (Å²) in [6.07, 6.45) is 0. The van der Waals surface area contributed by atoms with Crippen LogP contribution in [0.4, 0.5) is 5.69 Å². The molecule has 0 heterocycles. The van der Waals surface area contributed by atoms with Crippen LogP contribution in [0.5, 0.6) is 0 Å². The maximum absolute atomic E-state index is 10.7. The number of rotatable bonds is 1. The average Bonchev–Trinajstić information content (AvgIpc) is 1.98. The lowest BCUT2D eigenvalue weighted by molar-refractivity contribution is -0.112. The maximum atomic E-state index is 10.7. The molecule has 0 aliphatic rings. The fourth-order valence-corrected chi connectivity index (χ4v) is 1.04. The lowest BCUT2D eigenvalue weighted by Crippen LogP contribution is -2.07. The normalized spacial score (nSPS) is 9.58. The molecule has 1 aromatic carbocycles. The molecule has 1 radical (unpaired) electrons. The summed E-state index contributed by atoms with van der Waals surface area (Å²) < 4.78 is 0. The minimum absolute atomic E-state index is 0.274. The Bertz CT molecular complexity index is 305. The van der Waals surface area contributed by atoms with E-state index in [2.05, 4.69) is 12.2 Å². The van der Waals surface area contributed by atoms with Crippen molar-refractivity contribution in [1.82, 2.24) is 0 Å². The summed E-state index contributed by atoms with van der Waals surface area (Å²) in [6.45, 7) is 7.24. The second kappa shape index (κ2) is 3.39. The minimum atomic E-state index is -0.274. The Morgan fingerprint density at radius 2 is 2.08 bits per heavy atom. The van der Waals surface area contributed by atoms with Crippen molar-refractivity contribution in [1.29, 1.82) is 0 Å². The van der Waals surface area contributed by atoms with Gasteiger partial charge in [0, 0.05) is 12.6 Å². The van der Waals surface area contributed by atoms with Gasteiger partial charge in [0.15, 0.2) is 0 Å². The van der Waals surface area contributed by atoms with E-state index in [1.54, 1.807) is 0 Å². The van der Waals surface area contributed by atoms with E-state index in [9.17, 15) is 4.79 Å². The molecule has 0 bridgehead atoms. The van der Waals surface area contributed by atoms with Crippen molar-refractivity contribution in [2.24, 2.45) is 0 Å². The monoisotopic (exact) mass is 162 g/mol. The zero-order valence-corrected chi connectivity index (χ0v) is 7.35. The molecule has 0 aliphatic carbocycles. The first kappa shape index (κ1) is 8.78. The van der Waals surface area contributed by atoms with Crippen molar-refractivity contribution in [2.45, 2.75) is 13.8 Å². The predicted octanol–water partition coefficient (Wildman–Crippen LogP) is 2.08. The molecule has 0 saturated carbocycles. The van der Waals surface area contributed by atoms with Crippen LogP contribution in [0.3, 0.4) is 0 Å². The number of hydrogen-bond acceptors (Lipinski definition) is 1. The van der Waals surface area contributed by atoms with Gasteiger partial charge in [-0.25, -0.2) is 0 Å². The van der Waals surface area contributed by atoms with Gasteiger partial charge in [0.05, 0.1) is 0 Å². The molecule has 12 heavy (non-hydrogen) atoms. The molecule has 2 nitrogen and oxygen atoms in total. The molecule has 1 aromatic rings. The fourth-order valence-electron chi connectivity index (χ4n) is 1.04. The third-order valence-corrected chi connectivity index (χ3v) is 1.88. The summed E-state index contributed by atoms with van der Waals surface area (Å²) in [7, 11) is 0. The van der Waals surface area contributed by atoms with Gasteiger partial charge < -0.3 is 5.32 Å². The Hall–Kier alpha value is -1.31. The molecule has 0 spiro atoms. The summed E-state index contributed by atoms with van der Waals surface area (Å²) in [5, 5.41) is 2.66. The van der Waals surface area contributed by atoms with Crippen LogP contribution in [0.15, 0.2) is 18.2 Å². The van der Waals surface area contributed by atoms with Gasteiger partial charge in [-0.15, -0.1) is 0 Å². The standard InChI is InChI=1S/C10H12NO/c1-7-5-4-6-10(8(7)2)11-9(3)12/h4-6H,3H2,1-2H3,(H,11,12). The molecule has 1 rings (SSSR count). The van der Waals surface area contributed by atoms with Crippen LogP contribution in [0.25, 0.3) is 0 Å². The highest BCUT2D eigenvalue weighted by molar-refractivity contribution is 5.94. The summed E-state index contributed by atoms with van der Waals surface area (Å²) in [5.41, 5.74) is 3.10. The molecule has 1 N–H and O–H groups in total. The van der Waals surface area contributed by atoms with Gasteiger partial charge in [0.25, 0.3) is 0 Å². The second-order valence-corrected chi connectivity index (χ2v) is 2.80. The number of aryl methyl sites for hydroxylation is 1. The molecular weight excluding hydrogens is 150 g/mol. The Morgan fingerprint density at radius 3 is 2.67 bits per heavy atom. The van der Waals surface area contributed by atoms with Crippen molar-refractivity contribution < 1.29 is 4.79 Å². The lowest BCUT2D eigenvalue weighted by Gasteiger charge is -2.07. The summed E-state index contributed by atoms with van der Waals surface area (Å²) >= 11 is 0. The molecule has 0 unspecified atom stereocenters. The highest BCUT2D eigenvalue weighted by Crippen LogP contribution is 2.17. The van der Waals surface area contributed by atoms with Gasteiger partial charge in [-0.2, -0.15) is 0 Å². The van der Waals surface area contributed by atoms with Gasteiger partial charge in [-0.3, -0.25) is 4.79 Å². The summed E-state index contributed by atoms with van der Waals surface area (Å²) in [5.74, 6) is -0.274. The Kier molecular flexibility index (Phi) is 2.48. The van der Waals surface area contributed by atoms with E-state index in [-0.39, 0.29) is 5.91 Å². The van der Waals surface area contributed by atoms with Crippen LogP contribution in [0.2, 0.25) is 0 Å². The zero-order valence-electron chi connectivity index (χ0n) is 7.35. The largest absolute Gasteiger partial charge is 0.326 e. The van der Waals surface area contributed by atoms with E-state index >= 15 is 0 Å². The van der Waals surface area contributed by atoms with E-state index in [1.165, 1.54) is 5.56 Å². The number of benzene rings is 1. The van der Waals surface area contributed by atoms with Crippen molar-refractivity contribution in [3.05, 3.63) is 36.2 Å². The molecule has 0 aliphatic heterocycles. The number of carbonyl (C=O) groups excluding carboxylic acids is 1. The van der Waals surface area contributed by atoms with Crippen LogP contribution in [0.1, 0.15) is 11.1 Å². The van der Waals surface area contributed by atoms with Crippen molar-refractivity contribution in [3.8, 4) is 0 Å². The molecule has 1 amide bonds. The third-order valence-electron chi connectivity index (χ3n) is 1.88. The smallest absolute Gasteiger partial charge is 0.224 e.